The predicted molar refractivity (Wildman–Crippen MR) is 30.3 cm³/mol. The smallest absolute Gasteiger partial charge is 0.321 e. The van der Waals surface area contributed by atoms with Crippen LogP contribution in [0.3, 0.4) is 0 Å². The zero-order chi connectivity index (χ0) is 5.98. The summed E-state index contributed by atoms with van der Waals surface area (Å²) in [6.07, 6.45) is 1.39. The van der Waals surface area contributed by atoms with Gasteiger partial charge in [0.1, 0.15) is 0 Å². The van der Waals surface area contributed by atoms with Crippen molar-refractivity contribution in [3.05, 3.63) is 12.8 Å². The summed E-state index contributed by atoms with van der Waals surface area (Å²) in [7, 11) is 0. The number of amides is 2. The number of carbonyl (C=O) groups is 1. The van der Waals surface area contributed by atoms with E-state index in [-0.39, 0.29) is 6.03 Å². The van der Waals surface area contributed by atoms with Gasteiger partial charge in [0.2, 0.25) is 0 Å². The number of nitrogens with one attached hydrogen (secondary N) is 1. The minimum Gasteiger partial charge on any atom is -0.321 e. The van der Waals surface area contributed by atoms with Crippen LogP contribution < -0.4 is 5.32 Å². The second kappa shape index (κ2) is 1.86. The molecule has 1 saturated heterocycles. The van der Waals surface area contributed by atoms with E-state index in [2.05, 4.69) is 11.9 Å². The molecular formula is C5H8N2O. The van der Waals surface area contributed by atoms with Crippen molar-refractivity contribution in [2.24, 2.45) is 0 Å². The highest BCUT2D eigenvalue weighted by Crippen LogP contribution is 2.01. The summed E-state index contributed by atoms with van der Waals surface area (Å²) in [4.78, 5) is 12.2. The summed E-state index contributed by atoms with van der Waals surface area (Å²) in [5.74, 6) is 0. The molecule has 0 aromatic rings. The van der Waals surface area contributed by atoms with Gasteiger partial charge in [0, 0.05) is 13.1 Å². The topological polar surface area (TPSA) is 32.1 Å². The number of hydrogen-bond donors (Lipinski definition) is 1. The standard InChI is InChI=1S/C5H8N2O/c1-2-6-5(8)7-3-4-7/h2H,1,3-4H2,(H,6,8). The Morgan fingerprint density at radius 1 is 1.75 bits per heavy atom. The van der Waals surface area contributed by atoms with E-state index in [1.807, 2.05) is 0 Å². The molecule has 0 aromatic carbocycles. The lowest BCUT2D eigenvalue weighted by Gasteiger charge is -1.96. The lowest BCUT2D eigenvalue weighted by Crippen LogP contribution is -2.22. The van der Waals surface area contributed by atoms with Gasteiger partial charge in [-0.05, 0) is 6.20 Å². The lowest BCUT2D eigenvalue weighted by atomic mass is 10.9. The molecule has 0 spiro atoms. The second-order valence-corrected chi connectivity index (χ2v) is 1.64. The second-order valence-electron chi connectivity index (χ2n) is 1.64. The van der Waals surface area contributed by atoms with Gasteiger partial charge in [-0.1, -0.05) is 6.58 Å². The number of carbonyl (C=O) groups excluding carboxylic acids is 1. The molecule has 3 heteroatoms. The molecule has 1 aliphatic rings. The van der Waals surface area contributed by atoms with Gasteiger partial charge in [0.25, 0.3) is 0 Å². The first-order chi connectivity index (χ1) is 3.84. The van der Waals surface area contributed by atoms with E-state index in [0.29, 0.717) is 0 Å². The minimum atomic E-state index is -0.0417. The molecule has 0 aliphatic carbocycles. The van der Waals surface area contributed by atoms with Crippen LogP contribution >= 0.6 is 0 Å². The number of nitrogens with zero attached hydrogens (tertiary/aromatic N) is 1. The molecule has 2 amide bonds. The van der Waals surface area contributed by atoms with Crippen LogP contribution in [0.4, 0.5) is 4.79 Å². The molecule has 3 nitrogen and oxygen atoms in total. The van der Waals surface area contributed by atoms with Crippen LogP contribution in [0.25, 0.3) is 0 Å². The monoisotopic (exact) mass is 112 g/mol. The summed E-state index contributed by atoms with van der Waals surface area (Å²) in [5, 5.41) is 2.46. The summed E-state index contributed by atoms with van der Waals surface area (Å²) in [6.45, 7) is 5.13. The Morgan fingerprint density at radius 3 is 2.75 bits per heavy atom. The molecule has 0 radical (unpaired) electrons. The molecule has 0 unspecified atom stereocenters. The first-order valence-electron chi connectivity index (χ1n) is 2.51. The van der Waals surface area contributed by atoms with Crippen molar-refractivity contribution in [1.29, 1.82) is 0 Å². The van der Waals surface area contributed by atoms with Crippen molar-refractivity contribution in [2.75, 3.05) is 13.1 Å². The zero-order valence-electron chi connectivity index (χ0n) is 4.55. The molecule has 0 saturated carbocycles. The zero-order valence-corrected chi connectivity index (χ0v) is 4.55. The van der Waals surface area contributed by atoms with Gasteiger partial charge in [0.05, 0.1) is 0 Å². The minimum absolute atomic E-state index is 0.0417. The molecule has 1 aliphatic heterocycles. The van der Waals surface area contributed by atoms with Crippen molar-refractivity contribution in [2.45, 2.75) is 0 Å². The first kappa shape index (κ1) is 5.15. The largest absolute Gasteiger partial charge is 0.321 e. The van der Waals surface area contributed by atoms with Gasteiger partial charge in [-0.3, -0.25) is 0 Å². The third kappa shape index (κ3) is 0.992. The van der Waals surface area contributed by atoms with Crippen LogP contribution in [0, 0.1) is 0 Å². The van der Waals surface area contributed by atoms with E-state index < -0.39 is 0 Å². The van der Waals surface area contributed by atoms with Crippen molar-refractivity contribution < 1.29 is 4.79 Å². The summed E-state index contributed by atoms with van der Waals surface area (Å²) >= 11 is 0. The third-order valence-corrected chi connectivity index (χ3v) is 0.960. The molecule has 1 heterocycles. The van der Waals surface area contributed by atoms with Gasteiger partial charge in [-0.25, -0.2) is 4.79 Å². The van der Waals surface area contributed by atoms with E-state index in [1.165, 1.54) is 6.20 Å². The average molecular weight is 112 g/mol. The summed E-state index contributed by atoms with van der Waals surface area (Å²) < 4.78 is 0. The summed E-state index contributed by atoms with van der Waals surface area (Å²) in [6, 6.07) is -0.0417. The van der Waals surface area contributed by atoms with Crippen LogP contribution in [0.5, 0.6) is 0 Å². The van der Waals surface area contributed by atoms with Crippen LogP contribution in [-0.4, -0.2) is 24.0 Å². The van der Waals surface area contributed by atoms with Crippen molar-refractivity contribution in [3.8, 4) is 0 Å². The fourth-order valence-electron chi connectivity index (χ4n) is 0.432. The Morgan fingerprint density at radius 2 is 2.38 bits per heavy atom. The maximum atomic E-state index is 10.5. The first-order valence-corrected chi connectivity index (χ1v) is 2.51. The summed E-state index contributed by atoms with van der Waals surface area (Å²) in [5.41, 5.74) is 0. The van der Waals surface area contributed by atoms with Gasteiger partial charge < -0.3 is 10.2 Å². The predicted octanol–water partition coefficient (Wildman–Crippen LogP) is 0.155. The van der Waals surface area contributed by atoms with Crippen molar-refractivity contribution in [3.63, 3.8) is 0 Å². The molecule has 1 N–H and O–H groups in total. The Labute approximate surface area is 48.0 Å². The fraction of sp³-hybridized carbons (Fsp3) is 0.400. The average Bonchev–Trinajstić information content (AvgIpc) is 2.45. The van der Waals surface area contributed by atoms with Crippen LogP contribution in [-0.2, 0) is 0 Å². The van der Waals surface area contributed by atoms with Crippen LogP contribution in [0.1, 0.15) is 0 Å². The van der Waals surface area contributed by atoms with E-state index in [9.17, 15) is 4.79 Å². The molecule has 1 fully saturated rings. The molecular weight excluding hydrogens is 104 g/mol. The number of hydrogen-bond acceptors (Lipinski definition) is 1. The molecule has 0 bridgehead atoms. The Bertz CT molecular complexity index is 118. The molecule has 8 heavy (non-hydrogen) atoms. The van der Waals surface area contributed by atoms with Crippen LogP contribution in [0.15, 0.2) is 12.8 Å². The van der Waals surface area contributed by atoms with Gasteiger partial charge in [-0.15, -0.1) is 0 Å². The van der Waals surface area contributed by atoms with Gasteiger partial charge in [0.15, 0.2) is 0 Å². The lowest BCUT2D eigenvalue weighted by molar-refractivity contribution is 0.233. The Hall–Kier alpha value is -0.990. The number of urea groups is 1. The highest BCUT2D eigenvalue weighted by Gasteiger charge is 2.22. The highest BCUT2D eigenvalue weighted by molar-refractivity contribution is 5.77. The van der Waals surface area contributed by atoms with Crippen LogP contribution in [0.2, 0.25) is 0 Å². The molecule has 0 aromatic heterocycles. The quantitative estimate of drug-likeness (QED) is 0.481. The SMILES string of the molecule is C=CNC(=O)N1CC1. The fourth-order valence-corrected chi connectivity index (χ4v) is 0.432. The highest BCUT2D eigenvalue weighted by atomic mass is 16.2. The molecule has 0 atom stereocenters. The van der Waals surface area contributed by atoms with E-state index in [4.69, 9.17) is 0 Å². The number of rotatable bonds is 1. The van der Waals surface area contributed by atoms with Gasteiger partial charge >= 0.3 is 6.03 Å². The molecule has 44 valence electrons. The Kier molecular flexibility index (Phi) is 1.20. The van der Waals surface area contributed by atoms with E-state index in [1.54, 1.807) is 4.90 Å². The van der Waals surface area contributed by atoms with E-state index in [0.717, 1.165) is 13.1 Å². The third-order valence-electron chi connectivity index (χ3n) is 0.960. The van der Waals surface area contributed by atoms with Crippen molar-refractivity contribution in [1.82, 2.24) is 10.2 Å². The maximum absolute atomic E-state index is 10.5. The van der Waals surface area contributed by atoms with Gasteiger partial charge in [-0.2, -0.15) is 0 Å². The van der Waals surface area contributed by atoms with E-state index >= 15 is 0 Å². The van der Waals surface area contributed by atoms with Crippen molar-refractivity contribution >= 4 is 6.03 Å². The normalized spacial score (nSPS) is 15.2. The Balaban J connectivity index is 2.22. The molecule has 1 rings (SSSR count). The maximum Gasteiger partial charge on any atom is 0.321 e.